The second-order valence-corrected chi connectivity index (χ2v) is 7.62. The van der Waals surface area contributed by atoms with E-state index in [0.29, 0.717) is 5.16 Å². The average molecular weight is 366 g/mol. The molecular formula is C20H22N4OS. The molecule has 1 amide bonds. The monoisotopic (exact) mass is 366 g/mol. The molecule has 0 aliphatic carbocycles. The van der Waals surface area contributed by atoms with Crippen LogP contribution in [-0.2, 0) is 4.79 Å². The van der Waals surface area contributed by atoms with E-state index in [1.165, 1.54) is 17.3 Å². The van der Waals surface area contributed by atoms with E-state index in [2.05, 4.69) is 34.6 Å². The van der Waals surface area contributed by atoms with Crippen LogP contribution in [0.2, 0.25) is 0 Å². The van der Waals surface area contributed by atoms with Crippen LogP contribution in [0.4, 0.5) is 5.69 Å². The van der Waals surface area contributed by atoms with Gasteiger partial charge in [0.2, 0.25) is 5.91 Å². The Morgan fingerprint density at radius 3 is 2.15 bits per heavy atom. The summed E-state index contributed by atoms with van der Waals surface area (Å²) in [6.45, 7) is 7.85. The van der Waals surface area contributed by atoms with Gasteiger partial charge in [-0.2, -0.15) is 0 Å². The first kappa shape index (κ1) is 18.2. The summed E-state index contributed by atoms with van der Waals surface area (Å²) in [6, 6.07) is 15.9. The topological polar surface area (TPSA) is 59.8 Å². The Morgan fingerprint density at radius 2 is 1.54 bits per heavy atom. The minimum atomic E-state index is -0.302. The van der Waals surface area contributed by atoms with E-state index >= 15 is 0 Å². The second-order valence-electron chi connectivity index (χ2n) is 6.32. The van der Waals surface area contributed by atoms with Gasteiger partial charge in [-0.15, -0.1) is 10.2 Å². The number of benzene rings is 2. The van der Waals surface area contributed by atoms with E-state index < -0.39 is 0 Å². The first-order chi connectivity index (χ1) is 12.4. The largest absolute Gasteiger partial charge is 0.325 e. The fourth-order valence-corrected chi connectivity index (χ4v) is 3.42. The summed E-state index contributed by atoms with van der Waals surface area (Å²) >= 11 is 1.40. The quantitative estimate of drug-likeness (QED) is 0.684. The Morgan fingerprint density at radius 1 is 0.962 bits per heavy atom. The lowest BCUT2D eigenvalue weighted by atomic mass is 10.2. The number of anilines is 1. The number of hydrogen-bond acceptors (Lipinski definition) is 4. The van der Waals surface area contributed by atoms with Gasteiger partial charge in [0, 0.05) is 11.4 Å². The number of carbonyl (C=O) groups excluding carboxylic acids is 1. The molecule has 0 saturated carbocycles. The normalized spacial score (nSPS) is 12.0. The predicted octanol–water partition coefficient (Wildman–Crippen LogP) is 4.31. The Bertz CT molecular complexity index is 901. The van der Waals surface area contributed by atoms with Crippen molar-refractivity contribution >= 4 is 23.4 Å². The molecule has 0 aliphatic rings. The van der Waals surface area contributed by atoms with Gasteiger partial charge >= 0.3 is 0 Å². The van der Waals surface area contributed by atoms with Crippen molar-refractivity contribution in [2.45, 2.75) is 38.1 Å². The van der Waals surface area contributed by atoms with Crippen molar-refractivity contribution in [1.82, 2.24) is 14.8 Å². The lowest BCUT2D eigenvalue weighted by Crippen LogP contribution is -2.22. The van der Waals surface area contributed by atoms with Crippen LogP contribution in [0.3, 0.4) is 0 Å². The van der Waals surface area contributed by atoms with Crippen molar-refractivity contribution in [3.63, 3.8) is 0 Å². The zero-order valence-corrected chi connectivity index (χ0v) is 16.2. The van der Waals surface area contributed by atoms with E-state index in [-0.39, 0.29) is 11.2 Å². The number of aromatic nitrogens is 3. The van der Waals surface area contributed by atoms with Gasteiger partial charge in [0.15, 0.2) is 5.16 Å². The van der Waals surface area contributed by atoms with E-state index in [1.54, 1.807) is 0 Å². The Hall–Kier alpha value is -2.60. The average Bonchev–Trinajstić information content (AvgIpc) is 2.98. The standard InChI is InChI=1S/C20H22N4OS/c1-13-5-9-17(10-6-13)21-19(25)15(3)26-20-23-22-16(4)24(20)18-11-7-14(2)8-12-18/h5-12,15H,1-4H3,(H,21,25)/t15-/m1/s1. The molecule has 1 heterocycles. The molecule has 26 heavy (non-hydrogen) atoms. The molecule has 1 atom stereocenters. The molecule has 2 aromatic carbocycles. The summed E-state index contributed by atoms with van der Waals surface area (Å²) in [7, 11) is 0. The number of nitrogens with zero attached hydrogens (tertiary/aromatic N) is 3. The summed E-state index contributed by atoms with van der Waals surface area (Å²) in [5.74, 6) is 0.734. The molecule has 3 rings (SSSR count). The lowest BCUT2D eigenvalue weighted by molar-refractivity contribution is -0.115. The number of nitrogens with one attached hydrogen (secondary N) is 1. The maximum atomic E-state index is 12.5. The highest BCUT2D eigenvalue weighted by atomic mass is 32.2. The molecule has 0 unspecified atom stereocenters. The van der Waals surface area contributed by atoms with Crippen LogP contribution in [0.25, 0.3) is 5.69 Å². The van der Waals surface area contributed by atoms with Crippen molar-refractivity contribution in [1.29, 1.82) is 0 Å². The molecular weight excluding hydrogens is 344 g/mol. The van der Waals surface area contributed by atoms with Crippen molar-refractivity contribution in [3.8, 4) is 5.69 Å². The number of aryl methyl sites for hydroxylation is 3. The maximum Gasteiger partial charge on any atom is 0.237 e. The summed E-state index contributed by atoms with van der Waals surface area (Å²) in [6.07, 6.45) is 0. The van der Waals surface area contributed by atoms with Gasteiger partial charge < -0.3 is 5.32 Å². The summed E-state index contributed by atoms with van der Waals surface area (Å²) in [5, 5.41) is 11.8. The number of hydrogen-bond donors (Lipinski definition) is 1. The fourth-order valence-electron chi connectivity index (χ4n) is 2.50. The van der Waals surface area contributed by atoms with E-state index in [4.69, 9.17) is 0 Å². The lowest BCUT2D eigenvalue weighted by Gasteiger charge is -2.13. The third-order valence-electron chi connectivity index (χ3n) is 4.06. The molecule has 6 heteroatoms. The van der Waals surface area contributed by atoms with Gasteiger partial charge in [-0.1, -0.05) is 47.2 Å². The minimum Gasteiger partial charge on any atom is -0.325 e. The van der Waals surface area contributed by atoms with Crippen LogP contribution in [0, 0.1) is 20.8 Å². The van der Waals surface area contributed by atoms with Crippen LogP contribution in [0.1, 0.15) is 23.9 Å². The molecule has 0 aliphatic heterocycles. The zero-order valence-electron chi connectivity index (χ0n) is 15.4. The van der Waals surface area contributed by atoms with Crippen molar-refractivity contribution < 1.29 is 4.79 Å². The van der Waals surface area contributed by atoms with Crippen LogP contribution in [0.5, 0.6) is 0 Å². The second kappa shape index (κ2) is 7.74. The van der Waals surface area contributed by atoms with Gasteiger partial charge in [-0.05, 0) is 52.0 Å². The van der Waals surface area contributed by atoms with E-state index in [0.717, 1.165) is 22.8 Å². The maximum absolute atomic E-state index is 12.5. The Labute approximate surface area is 157 Å². The molecule has 3 aromatic rings. The molecule has 134 valence electrons. The van der Waals surface area contributed by atoms with E-state index in [1.807, 2.05) is 61.7 Å². The van der Waals surface area contributed by atoms with Crippen molar-refractivity contribution in [2.24, 2.45) is 0 Å². The third kappa shape index (κ3) is 4.14. The number of thioether (sulfide) groups is 1. The summed E-state index contributed by atoms with van der Waals surface area (Å²) in [4.78, 5) is 12.5. The predicted molar refractivity (Wildman–Crippen MR) is 106 cm³/mol. The number of rotatable bonds is 5. The fraction of sp³-hybridized carbons (Fsp3) is 0.250. The highest BCUT2D eigenvalue weighted by Gasteiger charge is 2.20. The van der Waals surface area contributed by atoms with Crippen LogP contribution < -0.4 is 5.32 Å². The molecule has 0 fully saturated rings. The first-order valence-corrected chi connectivity index (χ1v) is 9.35. The molecule has 0 saturated heterocycles. The van der Waals surface area contributed by atoms with Gasteiger partial charge in [0.25, 0.3) is 0 Å². The van der Waals surface area contributed by atoms with Crippen LogP contribution in [0.15, 0.2) is 53.7 Å². The van der Waals surface area contributed by atoms with Crippen LogP contribution in [-0.4, -0.2) is 25.9 Å². The van der Waals surface area contributed by atoms with Gasteiger partial charge in [-0.3, -0.25) is 9.36 Å². The molecule has 0 radical (unpaired) electrons. The minimum absolute atomic E-state index is 0.0602. The highest BCUT2D eigenvalue weighted by molar-refractivity contribution is 8.00. The smallest absolute Gasteiger partial charge is 0.237 e. The molecule has 1 N–H and O–H groups in total. The molecule has 0 bridgehead atoms. The highest BCUT2D eigenvalue weighted by Crippen LogP contribution is 2.26. The SMILES string of the molecule is Cc1ccc(NC(=O)[C@@H](C)Sc2nnc(C)n2-c2ccc(C)cc2)cc1. The van der Waals surface area contributed by atoms with Gasteiger partial charge in [0.05, 0.1) is 5.25 Å². The number of carbonyl (C=O) groups is 1. The first-order valence-electron chi connectivity index (χ1n) is 8.47. The molecule has 0 spiro atoms. The zero-order chi connectivity index (χ0) is 18.7. The summed E-state index contributed by atoms with van der Waals surface area (Å²) in [5.41, 5.74) is 4.14. The summed E-state index contributed by atoms with van der Waals surface area (Å²) < 4.78 is 1.97. The van der Waals surface area contributed by atoms with Crippen molar-refractivity contribution in [2.75, 3.05) is 5.32 Å². The Kier molecular flexibility index (Phi) is 5.42. The molecule has 5 nitrogen and oxygen atoms in total. The van der Waals surface area contributed by atoms with Gasteiger partial charge in [-0.25, -0.2) is 0 Å². The molecule has 1 aromatic heterocycles. The van der Waals surface area contributed by atoms with Gasteiger partial charge in [0.1, 0.15) is 5.82 Å². The van der Waals surface area contributed by atoms with Crippen molar-refractivity contribution in [3.05, 3.63) is 65.5 Å². The van der Waals surface area contributed by atoms with Crippen LogP contribution >= 0.6 is 11.8 Å². The third-order valence-corrected chi connectivity index (χ3v) is 5.10. The number of amides is 1. The van der Waals surface area contributed by atoms with E-state index in [9.17, 15) is 4.79 Å². The Balaban J connectivity index is 1.75.